The van der Waals surface area contributed by atoms with Gasteiger partial charge in [0.2, 0.25) is 0 Å². The minimum absolute atomic E-state index is 0.0956. The number of hydrogen-bond donors (Lipinski definition) is 1. The van der Waals surface area contributed by atoms with Gasteiger partial charge in [0.1, 0.15) is 5.56 Å². The smallest absolute Gasteiger partial charge is 0.285 e. The predicted molar refractivity (Wildman–Crippen MR) is 65.4 cm³/mol. The Balaban J connectivity index is 2.11. The molecule has 0 bridgehead atoms. The van der Waals surface area contributed by atoms with Crippen molar-refractivity contribution < 1.29 is 18.5 Å². The van der Waals surface area contributed by atoms with Gasteiger partial charge in [0.25, 0.3) is 11.6 Å². The van der Waals surface area contributed by atoms with Gasteiger partial charge in [-0.15, -0.1) is 5.10 Å². The number of nitrogens with zero attached hydrogens (tertiary/aromatic N) is 4. The summed E-state index contributed by atoms with van der Waals surface area (Å²) in [6.07, 6.45) is 3.01. The van der Waals surface area contributed by atoms with Gasteiger partial charge >= 0.3 is 0 Å². The van der Waals surface area contributed by atoms with Crippen molar-refractivity contribution in [1.82, 2.24) is 20.3 Å². The number of hydrogen-bond acceptors (Lipinski definition) is 5. The zero-order valence-corrected chi connectivity index (χ0v) is 10.5. The van der Waals surface area contributed by atoms with E-state index in [1.165, 1.54) is 10.9 Å². The van der Waals surface area contributed by atoms with Crippen LogP contribution in [0, 0.1) is 21.7 Å². The first-order valence-electron chi connectivity index (χ1n) is 5.75. The molecule has 0 radical (unpaired) electrons. The fraction of sp³-hybridized carbons (Fsp3) is 0.182. The molecule has 0 aliphatic rings. The lowest BCUT2D eigenvalue weighted by Crippen LogP contribution is -2.28. The van der Waals surface area contributed by atoms with Gasteiger partial charge in [-0.25, -0.2) is 8.78 Å². The Morgan fingerprint density at radius 3 is 2.71 bits per heavy atom. The monoisotopic (exact) mass is 297 g/mol. The molecule has 2 rings (SSSR count). The molecular formula is C11H9F2N5O3. The topological polar surface area (TPSA) is 103 Å². The summed E-state index contributed by atoms with van der Waals surface area (Å²) in [7, 11) is 0. The normalized spacial score (nSPS) is 10.4. The number of aromatic nitrogens is 3. The van der Waals surface area contributed by atoms with Crippen LogP contribution in [0.15, 0.2) is 24.5 Å². The van der Waals surface area contributed by atoms with Gasteiger partial charge in [-0.2, -0.15) is 0 Å². The van der Waals surface area contributed by atoms with E-state index < -0.39 is 33.7 Å². The lowest BCUT2D eigenvalue weighted by Gasteiger charge is -2.06. The van der Waals surface area contributed by atoms with Crippen molar-refractivity contribution in [2.24, 2.45) is 0 Å². The first kappa shape index (κ1) is 14.5. The summed E-state index contributed by atoms with van der Waals surface area (Å²) in [6, 6.07) is 0.875. The van der Waals surface area contributed by atoms with Crippen molar-refractivity contribution in [3.05, 3.63) is 51.8 Å². The number of amides is 1. The molecule has 0 spiro atoms. The fourth-order valence-electron chi connectivity index (χ4n) is 1.60. The zero-order valence-electron chi connectivity index (χ0n) is 10.5. The average Bonchev–Trinajstić information content (AvgIpc) is 2.94. The lowest BCUT2D eigenvalue weighted by atomic mass is 10.1. The van der Waals surface area contributed by atoms with Crippen molar-refractivity contribution in [2.75, 3.05) is 6.54 Å². The molecule has 0 unspecified atom stereocenters. The van der Waals surface area contributed by atoms with Crippen LogP contribution in [-0.2, 0) is 6.54 Å². The highest BCUT2D eigenvalue weighted by atomic mass is 19.2. The molecule has 0 aliphatic heterocycles. The third-order valence-electron chi connectivity index (χ3n) is 2.58. The maximum Gasteiger partial charge on any atom is 0.285 e. The molecule has 1 amide bonds. The second kappa shape index (κ2) is 6.03. The third kappa shape index (κ3) is 3.35. The number of nitro groups is 1. The predicted octanol–water partition coefficient (Wildman–Crippen LogP) is 0.894. The van der Waals surface area contributed by atoms with Gasteiger partial charge in [-0.05, 0) is 6.07 Å². The Hall–Kier alpha value is -2.91. The van der Waals surface area contributed by atoms with Gasteiger partial charge in [0.15, 0.2) is 11.6 Å². The molecule has 0 saturated carbocycles. The molecule has 21 heavy (non-hydrogen) atoms. The van der Waals surface area contributed by atoms with Crippen LogP contribution in [-0.4, -0.2) is 32.4 Å². The number of rotatable bonds is 5. The third-order valence-corrected chi connectivity index (χ3v) is 2.58. The minimum atomic E-state index is -1.39. The molecule has 0 saturated heterocycles. The molecule has 1 heterocycles. The van der Waals surface area contributed by atoms with Crippen molar-refractivity contribution in [3.63, 3.8) is 0 Å². The molecule has 110 valence electrons. The molecule has 0 atom stereocenters. The molecule has 1 aromatic heterocycles. The zero-order chi connectivity index (χ0) is 15.4. The Kier molecular flexibility index (Phi) is 4.16. The van der Waals surface area contributed by atoms with Crippen LogP contribution in [0.2, 0.25) is 0 Å². The van der Waals surface area contributed by atoms with Gasteiger partial charge < -0.3 is 5.32 Å². The second-order valence-electron chi connectivity index (χ2n) is 3.96. The number of carbonyl (C=O) groups excluding carboxylic acids is 1. The molecule has 0 aliphatic carbocycles. The summed E-state index contributed by atoms with van der Waals surface area (Å²) in [5, 5.41) is 20.3. The lowest BCUT2D eigenvalue weighted by molar-refractivity contribution is -0.385. The van der Waals surface area contributed by atoms with E-state index in [1.54, 1.807) is 6.20 Å². The number of halogens is 2. The van der Waals surface area contributed by atoms with E-state index in [4.69, 9.17) is 0 Å². The fourth-order valence-corrected chi connectivity index (χ4v) is 1.60. The summed E-state index contributed by atoms with van der Waals surface area (Å²) in [4.78, 5) is 21.6. The maximum absolute atomic E-state index is 13.1. The summed E-state index contributed by atoms with van der Waals surface area (Å²) in [6.45, 7) is 0.377. The number of nitrogens with one attached hydrogen (secondary N) is 1. The minimum Gasteiger partial charge on any atom is -0.350 e. The Bertz CT molecular complexity index is 675. The average molecular weight is 297 g/mol. The van der Waals surface area contributed by atoms with Crippen LogP contribution < -0.4 is 5.32 Å². The van der Waals surface area contributed by atoms with Crippen LogP contribution in [0.5, 0.6) is 0 Å². The number of carbonyl (C=O) groups is 1. The standard InChI is InChI=1S/C11H9F2N5O3/c12-8-5-7(10(18(20)21)6-9(8)13)11(19)14-1-3-17-4-2-15-16-17/h2,4-6H,1,3H2,(H,14,19). The molecule has 2 aromatic rings. The highest BCUT2D eigenvalue weighted by Gasteiger charge is 2.23. The molecule has 8 nitrogen and oxygen atoms in total. The highest BCUT2D eigenvalue weighted by molar-refractivity contribution is 5.98. The van der Waals surface area contributed by atoms with E-state index in [0.717, 1.165) is 0 Å². The largest absolute Gasteiger partial charge is 0.350 e. The summed E-state index contributed by atoms with van der Waals surface area (Å²) < 4.78 is 27.6. The first-order chi connectivity index (χ1) is 9.99. The van der Waals surface area contributed by atoms with E-state index >= 15 is 0 Å². The van der Waals surface area contributed by atoms with Gasteiger partial charge in [-0.3, -0.25) is 19.6 Å². The van der Waals surface area contributed by atoms with Crippen molar-refractivity contribution in [2.45, 2.75) is 6.54 Å². The van der Waals surface area contributed by atoms with Crippen molar-refractivity contribution >= 4 is 11.6 Å². The van der Waals surface area contributed by atoms with E-state index in [0.29, 0.717) is 12.1 Å². The van der Waals surface area contributed by atoms with Gasteiger partial charge in [0, 0.05) is 12.7 Å². The maximum atomic E-state index is 13.1. The van der Waals surface area contributed by atoms with E-state index in [1.807, 2.05) is 0 Å². The van der Waals surface area contributed by atoms with Crippen LogP contribution in [0.25, 0.3) is 0 Å². The van der Waals surface area contributed by atoms with Crippen molar-refractivity contribution in [1.29, 1.82) is 0 Å². The molecular weight excluding hydrogens is 288 g/mol. The molecule has 0 fully saturated rings. The van der Waals surface area contributed by atoms with Crippen molar-refractivity contribution in [3.8, 4) is 0 Å². The summed E-state index contributed by atoms with van der Waals surface area (Å²) in [5.74, 6) is -3.59. The van der Waals surface area contributed by atoms with E-state index in [2.05, 4.69) is 15.6 Å². The first-order valence-corrected chi connectivity index (χ1v) is 5.75. The Labute approximate surface area is 116 Å². The second-order valence-corrected chi connectivity index (χ2v) is 3.96. The number of nitro benzene ring substituents is 1. The van der Waals surface area contributed by atoms with Gasteiger partial charge in [0.05, 0.1) is 23.7 Å². The SMILES string of the molecule is O=C(NCCn1ccnn1)c1cc(F)c(F)cc1[N+](=O)[O-]. The Morgan fingerprint density at radius 1 is 1.38 bits per heavy atom. The number of benzene rings is 1. The van der Waals surface area contributed by atoms with Crippen LogP contribution in [0.1, 0.15) is 10.4 Å². The highest BCUT2D eigenvalue weighted by Crippen LogP contribution is 2.22. The summed E-state index contributed by atoms with van der Waals surface area (Å²) in [5.41, 5.74) is -1.34. The quantitative estimate of drug-likeness (QED) is 0.652. The summed E-state index contributed by atoms with van der Waals surface area (Å²) >= 11 is 0. The van der Waals surface area contributed by atoms with Crippen LogP contribution in [0.3, 0.4) is 0 Å². The molecule has 1 N–H and O–H groups in total. The van der Waals surface area contributed by atoms with E-state index in [9.17, 15) is 23.7 Å². The van der Waals surface area contributed by atoms with E-state index in [-0.39, 0.29) is 13.1 Å². The van der Waals surface area contributed by atoms with Crippen LogP contribution >= 0.6 is 0 Å². The Morgan fingerprint density at radius 2 is 2.10 bits per heavy atom. The molecule has 1 aromatic carbocycles. The van der Waals surface area contributed by atoms with Crippen LogP contribution in [0.4, 0.5) is 14.5 Å². The van der Waals surface area contributed by atoms with Gasteiger partial charge in [-0.1, -0.05) is 5.21 Å². The molecule has 10 heteroatoms.